The smallest absolute Gasteiger partial charge is 0.236 e. The molecule has 11 nitrogen and oxygen atoms in total. The second-order valence-corrected chi connectivity index (χ2v) is 13.3. The van der Waals surface area contributed by atoms with Crippen molar-refractivity contribution in [1.29, 1.82) is 5.26 Å². The number of thioether (sulfide) groups is 2. The van der Waals surface area contributed by atoms with E-state index in [2.05, 4.69) is 57.0 Å². The van der Waals surface area contributed by atoms with Crippen LogP contribution >= 0.6 is 23.5 Å². The van der Waals surface area contributed by atoms with Gasteiger partial charge in [0.25, 0.3) is 0 Å². The van der Waals surface area contributed by atoms with E-state index < -0.39 is 0 Å². The van der Waals surface area contributed by atoms with E-state index in [9.17, 15) is 19.6 Å². The molecule has 4 unspecified atom stereocenters. The maximum absolute atomic E-state index is 13.5. The van der Waals surface area contributed by atoms with Gasteiger partial charge in [-0.05, 0) is 61.9 Å². The van der Waals surface area contributed by atoms with Gasteiger partial charge in [0.05, 0.1) is 24.0 Å². The number of aliphatic hydroxyl groups excluding tert-OH is 1. The Labute approximate surface area is 253 Å². The highest BCUT2D eigenvalue weighted by Gasteiger charge is 2.42. The van der Waals surface area contributed by atoms with Crippen LogP contribution < -0.4 is 15.6 Å². The largest absolute Gasteiger partial charge is 0.389 e. The number of allylic oxidation sites excluding steroid dienone is 1. The van der Waals surface area contributed by atoms with Gasteiger partial charge in [0.1, 0.15) is 22.3 Å². The molecule has 0 spiro atoms. The van der Waals surface area contributed by atoms with Gasteiger partial charge in [0.15, 0.2) is 16.5 Å². The summed E-state index contributed by atoms with van der Waals surface area (Å²) in [5, 5.41) is 23.8. The lowest BCUT2D eigenvalue weighted by Crippen LogP contribution is -2.63. The normalized spacial score (nSPS) is 26.5. The van der Waals surface area contributed by atoms with Gasteiger partial charge in [-0.25, -0.2) is 14.1 Å². The molecule has 224 valence electrons. The van der Waals surface area contributed by atoms with Crippen molar-refractivity contribution in [3.8, 4) is 6.07 Å². The monoisotopic (exact) mass is 613 g/mol. The molecule has 2 aromatic rings. The molecule has 0 bridgehead atoms. The lowest BCUT2D eigenvalue weighted by atomic mass is 10.0. The zero-order chi connectivity index (χ0) is 29.7. The minimum Gasteiger partial charge on any atom is -0.389 e. The molecule has 4 aliphatic heterocycles. The molecule has 6 rings (SSSR count). The Morgan fingerprint density at radius 1 is 1.21 bits per heavy atom. The Kier molecular flexibility index (Phi) is 8.05. The number of likely N-dealkylation sites (tertiary alicyclic amines) is 1. The number of aromatic nitrogens is 2. The lowest BCUT2D eigenvalue weighted by molar-refractivity contribution is -0.144. The number of benzene rings is 1. The number of halogens is 1. The van der Waals surface area contributed by atoms with Gasteiger partial charge in [0, 0.05) is 45.3 Å². The number of aliphatic hydroxyl groups is 1. The first-order chi connectivity index (χ1) is 20.2. The SMILES string of the molecule is CCc1nc2n(c1N(C)C1NC(c3ccc(F)cc3)=C(C#N)S1)NC(N1CCN(CC(=O)N3CC(O)C3)C(C)C1C)S2. The van der Waals surface area contributed by atoms with Crippen LogP contribution in [0.2, 0.25) is 0 Å². The molecule has 4 aliphatic rings. The van der Waals surface area contributed by atoms with Crippen LogP contribution in [0.4, 0.5) is 10.2 Å². The van der Waals surface area contributed by atoms with Gasteiger partial charge in [-0.1, -0.05) is 18.7 Å². The van der Waals surface area contributed by atoms with E-state index >= 15 is 0 Å². The van der Waals surface area contributed by atoms with Crippen molar-refractivity contribution >= 4 is 40.9 Å². The van der Waals surface area contributed by atoms with Crippen molar-refractivity contribution in [2.24, 2.45) is 0 Å². The maximum atomic E-state index is 13.5. The van der Waals surface area contributed by atoms with Gasteiger partial charge < -0.3 is 20.2 Å². The molecule has 3 N–H and O–H groups in total. The highest BCUT2D eigenvalue weighted by molar-refractivity contribution is 8.04. The highest BCUT2D eigenvalue weighted by Crippen LogP contribution is 2.42. The number of imidazole rings is 1. The van der Waals surface area contributed by atoms with E-state index in [1.807, 2.05) is 7.05 Å². The standard InChI is InChI=1S/C28H36FN9O2S2/c1-5-21-25(34(4)26-32-24(22(12-30)41-26)18-6-8-19(29)9-7-18)38-27(31-21)42-28(33-38)37-11-10-35(16(2)17(37)3)15-23(40)36-13-20(39)14-36/h6-9,16-17,20,26,28,32-33,39H,5,10-11,13-15H2,1-4H3. The molecule has 42 heavy (non-hydrogen) atoms. The molecule has 14 heteroatoms. The molecule has 2 fully saturated rings. The van der Waals surface area contributed by atoms with Crippen molar-refractivity contribution in [3.63, 3.8) is 0 Å². The zero-order valence-corrected chi connectivity index (χ0v) is 25.8. The van der Waals surface area contributed by atoms with E-state index in [4.69, 9.17) is 4.98 Å². The van der Waals surface area contributed by atoms with Crippen LogP contribution in [0.25, 0.3) is 5.70 Å². The number of nitrogens with one attached hydrogen (secondary N) is 2. The number of carbonyl (C=O) groups excluding carboxylic acids is 1. The van der Waals surface area contributed by atoms with Crippen LogP contribution in [-0.2, 0) is 11.2 Å². The summed E-state index contributed by atoms with van der Waals surface area (Å²) in [5.74, 6) is 0.701. The number of carbonyl (C=O) groups is 1. The van der Waals surface area contributed by atoms with Crippen molar-refractivity contribution in [2.75, 3.05) is 50.1 Å². The molecule has 0 radical (unpaired) electrons. The number of nitrogens with zero attached hydrogens (tertiary/aromatic N) is 7. The summed E-state index contributed by atoms with van der Waals surface area (Å²) in [4.78, 5) is 26.7. The van der Waals surface area contributed by atoms with Gasteiger partial charge in [-0.15, -0.1) is 0 Å². The number of hydrogen-bond donors (Lipinski definition) is 3. The number of piperazine rings is 1. The molecule has 1 aromatic heterocycles. The van der Waals surface area contributed by atoms with Gasteiger partial charge in [-0.2, -0.15) is 5.26 Å². The minimum absolute atomic E-state index is 0.0156. The fraction of sp³-hybridized carbons (Fsp3) is 0.536. The van der Waals surface area contributed by atoms with Crippen molar-refractivity contribution in [1.82, 2.24) is 29.7 Å². The van der Waals surface area contributed by atoms with E-state index in [-0.39, 0.29) is 40.9 Å². The summed E-state index contributed by atoms with van der Waals surface area (Å²) < 4.78 is 15.6. The van der Waals surface area contributed by atoms with Gasteiger partial charge in [-0.3, -0.25) is 20.0 Å². The number of anilines is 1. The second-order valence-electron chi connectivity index (χ2n) is 11.1. The number of rotatable bonds is 7. The van der Waals surface area contributed by atoms with Crippen molar-refractivity contribution < 1.29 is 14.3 Å². The Bertz CT molecular complexity index is 1420. The third kappa shape index (κ3) is 5.22. The van der Waals surface area contributed by atoms with E-state index in [0.29, 0.717) is 30.2 Å². The topological polar surface area (TPSA) is 116 Å². The Morgan fingerprint density at radius 2 is 1.95 bits per heavy atom. The van der Waals surface area contributed by atoms with Crippen LogP contribution in [0.3, 0.4) is 0 Å². The minimum atomic E-state index is -0.388. The molecule has 5 heterocycles. The third-order valence-electron chi connectivity index (χ3n) is 8.63. The van der Waals surface area contributed by atoms with E-state index in [1.54, 1.807) is 28.8 Å². The first kappa shape index (κ1) is 29.1. The van der Waals surface area contributed by atoms with E-state index in [1.165, 1.54) is 23.9 Å². The molecular formula is C28H36FN9O2S2. The van der Waals surface area contributed by atoms with Crippen LogP contribution in [0.5, 0.6) is 0 Å². The number of aryl methyl sites for hydroxylation is 1. The second kappa shape index (κ2) is 11.6. The average Bonchev–Trinajstić information content (AvgIpc) is 3.66. The summed E-state index contributed by atoms with van der Waals surface area (Å²) in [7, 11) is 1.99. The maximum Gasteiger partial charge on any atom is 0.236 e. The number of amides is 1. The third-order valence-corrected chi connectivity index (χ3v) is 10.9. The first-order valence-electron chi connectivity index (χ1n) is 14.2. The number of β-amino-alcohol motifs (C(OH)–C–C–N with tert-alkyl or cyclic N) is 1. The van der Waals surface area contributed by atoms with Crippen LogP contribution in [0, 0.1) is 17.1 Å². The highest BCUT2D eigenvalue weighted by atomic mass is 32.2. The summed E-state index contributed by atoms with van der Waals surface area (Å²) in [6.07, 6.45) is 0.363. The van der Waals surface area contributed by atoms with Gasteiger partial charge >= 0.3 is 0 Å². The molecular weight excluding hydrogens is 578 g/mol. The number of nitriles is 1. The quantitative estimate of drug-likeness (QED) is 0.426. The Hall–Kier alpha value is -2.96. The summed E-state index contributed by atoms with van der Waals surface area (Å²) >= 11 is 3.12. The zero-order valence-electron chi connectivity index (χ0n) is 24.1. The predicted molar refractivity (Wildman–Crippen MR) is 162 cm³/mol. The summed E-state index contributed by atoms with van der Waals surface area (Å²) in [5.41, 5.74) is 5.84. The Balaban J connectivity index is 1.14. The molecule has 2 saturated heterocycles. The molecule has 4 atom stereocenters. The lowest BCUT2D eigenvalue weighted by Gasteiger charge is -2.47. The summed E-state index contributed by atoms with van der Waals surface area (Å²) in [6.45, 7) is 9.28. The van der Waals surface area contributed by atoms with E-state index in [0.717, 1.165) is 41.7 Å². The van der Waals surface area contributed by atoms with Crippen LogP contribution in [-0.4, -0.2) is 104 Å². The Morgan fingerprint density at radius 3 is 2.62 bits per heavy atom. The number of hydrogen-bond acceptors (Lipinski definition) is 11. The van der Waals surface area contributed by atoms with Gasteiger partial charge in [0.2, 0.25) is 5.91 Å². The average molecular weight is 614 g/mol. The van der Waals surface area contributed by atoms with Crippen LogP contribution in [0.15, 0.2) is 34.3 Å². The predicted octanol–water partition coefficient (Wildman–Crippen LogP) is 2.06. The fourth-order valence-corrected chi connectivity index (χ4v) is 8.12. The molecule has 1 aromatic carbocycles. The first-order valence-corrected chi connectivity index (χ1v) is 16.0. The number of fused-ring (bicyclic) bond motifs is 1. The van der Waals surface area contributed by atoms with Crippen molar-refractivity contribution in [2.45, 2.75) is 61.5 Å². The molecule has 1 amide bonds. The molecule has 0 aliphatic carbocycles. The molecule has 0 saturated carbocycles. The van der Waals surface area contributed by atoms with Crippen molar-refractivity contribution in [3.05, 3.63) is 46.2 Å². The van der Waals surface area contributed by atoms with Crippen LogP contribution in [0.1, 0.15) is 32.0 Å². The summed E-state index contributed by atoms with van der Waals surface area (Å²) in [6, 6.07) is 8.84. The fourth-order valence-electron chi connectivity index (χ4n) is 5.92.